The molecule has 0 radical (unpaired) electrons. The van der Waals surface area contributed by atoms with Crippen molar-refractivity contribution < 1.29 is 5.11 Å². The van der Waals surface area contributed by atoms with Crippen molar-refractivity contribution in [2.45, 2.75) is 32.2 Å². The Morgan fingerprint density at radius 1 is 1.14 bits per heavy atom. The molecular formula is C19H23NO. The zero-order valence-electron chi connectivity index (χ0n) is 12.5. The summed E-state index contributed by atoms with van der Waals surface area (Å²) >= 11 is 0. The number of phenols is 1. The van der Waals surface area contributed by atoms with Gasteiger partial charge in [0.15, 0.2) is 0 Å². The van der Waals surface area contributed by atoms with Gasteiger partial charge < -0.3 is 10.4 Å². The highest BCUT2D eigenvalue weighted by Crippen LogP contribution is 2.36. The lowest BCUT2D eigenvalue weighted by Gasteiger charge is -2.34. The van der Waals surface area contributed by atoms with Crippen LogP contribution in [0.25, 0.3) is 0 Å². The number of hydrogen-bond acceptors (Lipinski definition) is 2. The zero-order valence-corrected chi connectivity index (χ0v) is 12.5. The van der Waals surface area contributed by atoms with E-state index in [0.29, 0.717) is 17.7 Å². The van der Waals surface area contributed by atoms with Crippen LogP contribution in [-0.4, -0.2) is 11.7 Å². The van der Waals surface area contributed by atoms with Gasteiger partial charge in [-0.2, -0.15) is 0 Å². The highest BCUT2D eigenvalue weighted by atomic mass is 16.3. The van der Waals surface area contributed by atoms with E-state index in [-0.39, 0.29) is 0 Å². The smallest absolute Gasteiger partial charge is 0.115 e. The lowest BCUT2D eigenvalue weighted by Crippen LogP contribution is -2.33. The largest absolute Gasteiger partial charge is 0.508 e. The van der Waals surface area contributed by atoms with E-state index in [0.717, 1.165) is 19.4 Å². The number of fused-ring (bicyclic) bond motifs is 1. The highest BCUT2D eigenvalue weighted by molar-refractivity contribution is 5.34. The minimum absolute atomic E-state index is 0.365. The van der Waals surface area contributed by atoms with Crippen molar-refractivity contribution >= 4 is 0 Å². The van der Waals surface area contributed by atoms with Crippen LogP contribution in [0.2, 0.25) is 0 Å². The Bertz CT molecular complexity index is 608. The molecule has 0 aromatic heterocycles. The van der Waals surface area contributed by atoms with E-state index >= 15 is 0 Å². The second kappa shape index (κ2) is 6.31. The summed E-state index contributed by atoms with van der Waals surface area (Å²) in [7, 11) is 0. The van der Waals surface area contributed by atoms with Crippen LogP contribution in [-0.2, 0) is 12.8 Å². The first-order valence-electron chi connectivity index (χ1n) is 7.87. The third-order valence-corrected chi connectivity index (χ3v) is 4.48. The molecule has 110 valence electrons. The first-order chi connectivity index (χ1) is 10.3. The van der Waals surface area contributed by atoms with E-state index < -0.39 is 0 Å². The summed E-state index contributed by atoms with van der Waals surface area (Å²) in [5, 5.41) is 13.3. The summed E-state index contributed by atoms with van der Waals surface area (Å²) < 4.78 is 0. The van der Waals surface area contributed by atoms with E-state index in [1.54, 1.807) is 6.07 Å². The number of phenolic OH excluding ortho intramolecular Hbond substituents is 1. The third-order valence-electron chi connectivity index (χ3n) is 4.48. The van der Waals surface area contributed by atoms with Gasteiger partial charge in [-0.15, -0.1) is 0 Å². The molecule has 0 saturated heterocycles. The van der Waals surface area contributed by atoms with Gasteiger partial charge in [0.25, 0.3) is 0 Å². The van der Waals surface area contributed by atoms with Crippen molar-refractivity contribution in [1.82, 2.24) is 5.32 Å². The predicted molar refractivity (Wildman–Crippen MR) is 86.5 cm³/mol. The van der Waals surface area contributed by atoms with Crippen LogP contribution < -0.4 is 5.32 Å². The van der Waals surface area contributed by atoms with E-state index in [2.05, 4.69) is 42.6 Å². The van der Waals surface area contributed by atoms with Crippen molar-refractivity contribution in [3.63, 3.8) is 0 Å². The van der Waals surface area contributed by atoms with Crippen LogP contribution in [0.15, 0.2) is 48.5 Å². The Balaban J connectivity index is 1.85. The normalized spacial score (nSPS) is 21.0. The number of aryl methyl sites for hydroxylation is 1. The summed E-state index contributed by atoms with van der Waals surface area (Å²) in [5.74, 6) is 0.949. The van der Waals surface area contributed by atoms with Crippen molar-refractivity contribution in [1.29, 1.82) is 0 Å². The molecule has 0 fully saturated rings. The quantitative estimate of drug-likeness (QED) is 0.892. The second-order valence-electron chi connectivity index (χ2n) is 5.91. The summed E-state index contributed by atoms with van der Waals surface area (Å²) in [4.78, 5) is 0. The SMILES string of the molecule is CCNC1c2ccccc2CCC1Cc1cccc(O)c1. The van der Waals surface area contributed by atoms with Gasteiger partial charge in [-0.05, 0) is 60.5 Å². The Hall–Kier alpha value is -1.80. The molecule has 2 N–H and O–H groups in total. The molecular weight excluding hydrogens is 258 g/mol. The third kappa shape index (κ3) is 3.11. The van der Waals surface area contributed by atoms with Crippen LogP contribution in [0.1, 0.15) is 36.1 Å². The number of aromatic hydroxyl groups is 1. The van der Waals surface area contributed by atoms with Gasteiger partial charge in [0.1, 0.15) is 5.75 Å². The summed E-state index contributed by atoms with van der Waals surface area (Å²) in [6.07, 6.45) is 3.37. The van der Waals surface area contributed by atoms with Gasteiger partial charge >= 0.3 is 0 Å². The van der Waals surface area contributed by atoms with E-state index in [1.165, 1.54) is 23.1 Å². The van der Waals surface area contributed by atoms with E-state index in [9.17, 15) is 5.11 Å². The van der Waals surface area contributed by atoms with Gasteiger partial charge in [-0.25, -0.2) is 0 Å². The summed E-state index contributed by atoms with van der Waals surface area (Å²) in [6.45, 7) is 3.15. The van der Waals surface area contributed by atoms with Crippen LogP contribution in [0, 0.1) is 5.92 Å². The number of nitrogens with one attached hydrogen (secondary N) is 1. The van der Waals surface area contributed by atoms with Gasteiger partial charge in [0, 0.05) is 6.04 Å². The minimum atomic E-state index is 0.365. The first-order valence-corrected chi connectivity index (χ1v) is 7.87. The predicted octanol–water partition coefficient (Wildman–Crippen LogP) is 3.85. The number of rotatable bonds is 4. The average Bonchev–Trinajstić information content (AvgIpc) is 2.50. The minimum Gasteiger partial charge on any atom is -0.508 e. The first kappa shape index (κ1) is 14.2. The lowest BCUT2D eigenvalue weighted by molar-refractivity contribution is 0.323. The maximum Gasteiger partial charge on any atom is 0.115 e. The molecule has 0 spiro atoms. The molecule has 2 aromatic carbocycles. The van der Waals surface area contributed by atoms with Gasteiger partial charge in [0.2, 0.25) is 0 Å². The topological polar surface area (TPSA) is 32.3 Å². The fourth-order valence-corrected chi connectivity index (χ4v) is 3.53. The second-order valence-corrected chi connectivity index (χ2v) is 5.91. The van der Waals surface area contributed by atoms with Gasteiger partial charge in [-0.3, -0.25) is 0 Å². The summed E-state index contributed by atoms with van der Waals surface area (Å²) in [5.41, 5.74) is 4.16. The van der Waals surface area contributed by atoms with Crippen LogP contribution in [0.5, 0.6) is 5.75 Å². The van der Waals surface area contributed by atoms with Gasteiger partial charge in [0.05, 0.1) is 0 Å². The van der Waals surface area contributed by atoms with Crippen molar-refractivity contribution in [2.75, 3.05) is 6.54 Å². The zero-order chi connectivity index (χ0) is 14.7. The van der Waals surface area contributed by atoms with E-state index in [4.69, 9.17) is 0 Å². The molecule has 2 nitrogen and oxygen atoms in total. The van der Waals surface area contributed by atoms with Crippen LogP contribution in [0.4, 0.5) is 0 Å². The molecule has 1 aliphatic carbocycles. The molecule has 2 unspecified atom stereocenters. The lowest BCUT2D eigenvalue weighted by atomic mass is 9.77. The van der Waals surface area contributed by atoms with Crippen LogP contribution in [0.3, 0.4) is 0 Å². The molecule has 0 heterocycles. The molecule has 3 rings (SSSR count). The molecule has 0 saturated carbocycles. The van der Waals surface area contributed by atoms with Gasteiger partial charge in [-0.1, -0.05) is 43.3 Å². The Kier molecular flexibility index (Phi) is 4.26. The van der Waals surface area contributed by atoms with E-state index in [1.807, 2.05) is 12.1 Å². The standard InChI is InChI=1S/C19H23NO/c1-2-20-19-16(12-14-6-5-8-17(21)13-14)11-10-15-7-3-4-9-18(15)19/h3-9,13,16,19-21H,2,10-12H2,1H3. The molecule has 21 heavy (non-hydrogen) atoms. The molecule has 2 aromatic rings. The highest BCUT2D eigenvalue weighted by Gasteiger charge is 2.28. The molecule has 2 atom stereocenters. The Morgan fingerprint density at radius 3 is 2.81 bits per heavy atom. The van der Waals surface area contributed by atoms with Crippen molar-refractivity contribution in [3.8, 4) is 5.75 Å². The maximum absolute atomic E-state index is 9.65. The fourth-order valence-electron chi connectivity index (χ4n) is 3.53. The monoisotopic (exact) mass is 281 g/mol. The maximum atomic E-state index is 9.65. The summed E-state index contributed by atoms with van der Waals surface area (Å²) in [6, 6.07) is 16.9. The average molecular weight is 281 g/mol. The van der Waals surface area contributed by atoms with Crippen LogP contribution >= 0.6 is 0 Å². The number of hydrogen-bond donors (Lipinski definition) is 2. The Labute approximate surface area is 126 Å². The van der Waals surface area contributed by atoms with Crippen molar-refractivity contribution in [3.05, 3.63) is 65.2 Å². The fraction of sp³-hybridized carbons (Fsp3) is 0.368. The van der Waals surface area contributed by atoms with Crippen molar-refractivity contribution in [2.24, 2.45) is 5.92 Å². The number of benzene rings is 2. The molecule has 0 amide bonds. The molecule has 2 heteroatoms. The Morgan fingerprint density at radius 2 is 2.00 bits per heavy atom. The molecule has 0 bridgehead atoms. The molecule has 0 aliphatic heterocycles. The molecule has 1 aliphatic rings.